The fourth-order valence-corrected chi connectivity index (χ4v) is 4.53. The number of hydrogen-bond acceptors (Lipinski definition) is 6. The Balaban J connectivity index is 1.68. The van der Waals surface area contributed by atoms with E-state index in [1.807, 2.05) is 20.8 Å². The van der Waals surface area contributed by atoms with Crippen molar-refractivity contribution in [2.24, 2.45) is 5.41 Å². The van der Waals surface area contributed by atoms with E-state index in [0.717, 1.165) is 23.1 Å². The van der Waals surface area contributed by atoms with E-state index in [0.29, 0.717) is 16.8 Å². The Labute approximate surface area is 213 Å². The van der Waals surface area contributed by atoms with E-state index in [4.69, 9.17) is 5.73 Å². The predicted molar refractivity (Wildman–Crippen MR) is 127 cm³/mol. The van der Waals surface area contributed by atoms with Crippen molar-refractivity contribution >= 4 is 28.9 Å². The number of rotatable bonds is 5. The van der Waals surface area contributed by atoms with E-state index in [-0.39, 0.29) is 11.4 Å². The van der Waals surface area contributed by atoms with Crippen molar-refractivity contribution in [1.29, 1.82) is 0 Å². The number of nitrogens with zero attached hydrogens (tertiary/aromatic N) is 4. The standard InChI is InChI=1S/C24H24F4N6O4/c1-23(2,3)19-14(16-6-7-17-20(29)31-11-32-34(16)17)9-18(33(19)22(36)37)21(35)30-10-12-8-13(4-5-15(12)25)38-24(26,27)28/h4-9,11,18-19H,10H2,1-3H3,(H,30,35)(H,36,37)(H2,29,31,32). The van der Waals surface area contributed by atoms with Crippen molar-refractivity contribution in [3.05, 3.63) is 59.8 Å². The zero-order valence-corrected chi connectivity index (χ0v) is 20.5. The van der Waals surface area contributed by atoms with Gasteiger partial charge in [-0.3, -0.25) is 9.69 Å². The minimum Gasteiger partial charge on any atom is -0.465 e. The average molecular weight is 536 g/mol. The molecule has 202 valence electrons. The number of nitrogens with one attached hydrogen (secondary N) is 1. The number of fused-ring (bicyclic) bond motifs is 1. The van der Waals surface area contributed by atoms with Gasteiger partial charge in [-0.15, -0.1) is 13.2 Å². The molecule has 2 amide bonds. The number of carboxylic acid groups (broad SMARTS) is 1. The van der Waals surface area contributed by atoms with Crippen molar-refractivity contribution in [3.8, 4) is 5.75 Å². The number of benzene rings is 1. The van der Waals surface area contributed by atoms with Crippen LogP contribution in [-0.2, 0) is 11.3 Å². The molecule has 1 aliphatic rings. The molecular weight excluding hydrogens is 512 g/mol. The molecule has 0 saturated heterocycles. The predicted octanol–water partition coefficient (Wildman–Crippen LogP) is 3.83. The summed E-state index contributed by atoms with van der Waals surface area (Å²) in [5, 5.41) is 16.7. The molecule has 0 spiro atoms. The summed E-state index contributed by atoms with van der Waals surface area (Å²) in [6, 6.07) is 3.62. The van der Waals surface area contributed by atoms with E-state index in [2.05, 4.69) is 20.1 Å². The third-order valence-corrected chi connectivity index (χ3v) is 6.00. The molecule has 4 N–H and O–H groups in total. The first-order valence-electron chi connectivity index (χ1n) is 11.3. The van der Waals surface area contributed by atoms with Crippen molar-refractivity contribution in [1.82, 2.24) is 24.8 Å². The number of carbonyl (C=O) groups excluding carboxylic acids is 1. The molecule has 1 aliphatic heterocycles. The minimum absolute atomic E-state index is 0.209. The largest absolute Gasteiger partial charge is 0.573 e. The highest BCUT2D eigenvalue weighted by Gasteiger charge is 2.47. The first-order valence-corrected chi connectivity index (χ1v) is 11.3. The molecule has 4 rings (SSSR count). The van der Waals surface area contributed by atoms with Crippen LogP contribution < -0.4 is 15.8 Å². The Hall–Kier alpha value is -4.36. The second-order valence-corrected chi connectivity index (χ2v) is 9.70. The molecule has 1 aromatic carbocycles. The Morgan fingerprint density at radius 1 is 1.18 bits per heavy atom. The first kappa shape index (κ1) is 26.7. The smallest absolute Gasteiger partial charge is 0.465 e. The van der Waals surface area contributed by atoms with Gasteiger partial charge in [-0.25, -0.2) is 18.7 Å². The molecule has 38 heavy (non-hydrogen) atoms. The van der Waals surface area contributed by atoms with Crippen LogP contribution in [0.3, 0.4) is 0 Å². The third-order valence-electron chi connectivity index (χ3n) is 6.00. The van der Waals surface area contributed by atoms with E-state index in [1.165, 1.54) is 16.9 Å². The van der Waals surface area contributed by atoms with Crippen LogP contribution in [0.1, 0.15) is 32.0 Å². The molecule has 2 atom stereocenters. The van der Waals surface area contributed by atoms with Crippen molar-refractivity contribution < 1.29 is 37.0 Å². The topological polar surface area (TPSA) is 135 Å². The number of ether oxygens (including phenoxy) is 1. The fraction of sp³-hybridized carbons (Fsp3) is 0.333. The summed E-state index contributed by atoms with van der Waals surface area (Å²) in [6.07, 6.45) is -3.64. The van der Waals surface area contributed by atoms with Crippen LogP contribution in [0.4, 0.5) is 28.2 Å². The lowest BCUT2D eigenvalue weighted by atomic mass is 9.81. The quantitative estimate of drug-likeness (QED) is 0.422. The highest BCUT2D eigenvalue weighted by Crippen LogP contribution is 2.42. The number of alkyl halides is 3. The van der Waals surface area contributed by atoms with E-state index in [9.17, 15) is 32.3 Å². The molecule has 0 saturated carbocycles. The normalized spacial score (nSPS) is 18.0. The van der Waals surface area contributed by atoms with Gasteiger partial charge in [0.15, 0.2) is 5.82 Å². The number of hydrogen-bond donors (Lipinski definition) is 3. The molecular formula is C24H24F4N6O4. The summed E-state index contributed by atoms with van der Waals surface area (Å²) >= 11 is 0. The molecule has 0 bridgehead atoms. The van der Waals surface area contributed by atoms with Crippen LogP contribution in [0.25, 0.3) is 11.1 Å². The molecule has 14 heteroatoms. The molecule has 0 radical (unpaired) electrons. The highest BCUT2D eigenvalue weighted by atomic mass is 19.4. The van der Waals surface area contributed by atoms with Gasteiger partial charge < -0.3 is 20.9 Å². The van der Waals surface area contributed by atoms with Gasteiger partial charge in [-0.05, 0) is 47.4 Å². The summed E-state index contributed by atoms with van der Waals surface area (Å²) < 4.78 is 57.2. The molecule has 3 heterocycles. The zero-order chi connectivity index (χ0) is 28.0. The Kier molecular flexibility index (Phi) is 6.68. The number of nitrogens with two attached hydrogens (primary N) is 1. The molecule has 0 aliphatic carbocycles. The highest BCUT2D eigenvalue weighted by molar-refractivity contribution is 5.94. The maximum atomic E-state index is 14.3. The zero-order valence-electron chi connectivity index (χ0n) is 20.5. The van der Waals surface area contributed by atoms with Gasteiger partial charge in [0.25, 0.3) is 0 Å². The number of nitrogen functional groups attached to an aromatic ring is 1. The molecule has 2 unspecified atom stereocenters. The van der Waals surface area contributed by atoms with E-state index >= 15 is 0 Å². The van der Waals surface area contributed by atoms with Crippen molar-refractivity contribution in [3.63, 3.8) is 0 Å². The van der Waals surface area contributed by atoms with Gasteiger partial charge in [0.2, 0.25) is 5.91 Å². The van der Waals surface area contributed by atoms with Crippen LogP contribution in [0.15, 0.2) is 42.7 Å². The van der Waals surface area contributed by atoms with Crippen LogP contribution >= 0.6 is 0 Å². The number of carbonyl (C=O) groups is 2. The molecule has 3 aromatic rings. The Bertz CT molecular complexity index is 1430. The average Bonchev–Trinajstić information content (AvgIpc) is 3.41. The molecule has 0 fully saturated rings. The monoisotopic (exact) mass is 536 g/mol. The van der Waals surface area contributed by atoms with Crippen molar-refractivity contribution in [2.45, 2.75) is 45.8 Å². The number of amides is 2. The summed E-state index contributed by atoms with van der Waals surface area (Å²) in [5.41, 5.74) is 6.45. The maximum absolute atomic E-state index is 14.3. The van der Waals surface area contributed by atoms with Gasteiger partial charge in [-0.2, -0.15) is 5.10 Å². The third kappa shape index (κ3) is 5.19. The number of anilines is 1. The van der Waals surface area contributed by atoms with Crippen LogP contribution in [0, 0.1) is 11.2 Å². The van der Waals surface area contributed by atoms with Gasteiger partial charge in [-0.1, -0.05) is 20.8 Å². The van der Waals surface area contributed by atoms with E-state index < -0.39 is 54.0 Å². The summed E-state index contributed by atoms with van der Waals surface area (Å²) in [5.74, 6) is -2.12. The lowest BCUT2D eigenvalue weighted by Gasteiger charge is -2.37. The lowest BCUT2D eigenvalue weighted by Crippen LogP contribution is -2.52. The minimum atomic E-state index is -4.98. The molecule has 2 aromatic heterocycles. The first-order chi connectivity index (χ1) is 17.7. The second-order valence-electron chi connectivity index (χ2n) is 9.70. The van der Waals surface area contributed by atoms with Gasteiger partial charge in [0.05, 0.1) is 11.7 Å². The molecule has 10 nitrogen and oxygen atoms in total. The Morgan fingerprint density at radius 2 is 1.89 bits per heavy atom. The maximum Gasteiger partial charge on any atom is 0.573 e. The summed E-state index contributed by atoms with van der Waals surface area (Å²) in [7, 11) is 0. The van der Waals surface area contributed by atoms with Gasteiger partial charge in [0.1, 0.15) is 29.5 Å². The summed E-state index contributed by atoms with van der Waals surface area (Å²) in [4.78, 5) is 30.5. The fourth-order valence-electron chi connectivity index (χ4n) is 4.53. The Morgan fingerprint density at radius 3 is 2.53 bits per heavy atom. The van der Waals surface area contributed by atoms with Crippen molar-refractivity contribution in [2.75, 3.05) is 5.73 Å². The van der Waals surface area contributed by atoms with Crippen LogP contribution in [0.5, 0.6) is 5.75 Å². The lowest BCUT2D eigenvalue weighted by molar-refractivity contribution is -0.274. The second kappa shape index (κ2) is 9.50. The number of aromatic nitrogens is 3. The SMILES string of the molecule is CC(C)(C)C1C(c2ccc3c(N)ncnn23)=CC(C(=O)NCc2cc(OC(F)(F)F)ccc2F)N1C(=O)O. The van der Waals surface area contributed by atoms with Gasteiger partial charge >= 0.3 is 12.5 Å². The number of halogens is 4. The van der Waals surface area contributed by atoms with Crippen LogP contribution in [-0.4, -0.2) is 55.1 Å². The van der Waals surface area contributed by atoms with Crippen LogP contribution in [0.2, 0.25) is 0 Å². The van der Waals surface area contributed by atoms with E-state index in [1.54, 1.807) is 12.1 Å². The summed E-state index contributed by atoms with van der Waals surface area (Å²) in [6.45, 7) is 4.91. The van der Waals surface area contributed by atoms with Gasteiger partial charge in [0, 0.05) is 12.1 Å².